The first kappa shape index (κ1) is 14.6. The smallest absolute Gasteiger partial charge is 0.235 e. The van der Waals surface area contributed by atoms with E-state index in [1.807, 2.05) is 30.3 Å². The van der Waals surface area contributed by atoms with Crippen LogP contribution in [0.1, 0.15) is 11.8 Å². The number of thiophene rings is 1. The molecule has 0 saturated heterocycles. The molecule has 4 nitrogen and oxygen atoms in total. The van der Waals surface area contributed by atoms with Gasteiger partial charge in [-0.3, -0.25) is 0 Å². The average Bonchev–Trinajstić information content (AvgIpc) is 2.82. The minimum atomic E-state index is -1.27. The summed E-state index contributed by atoms with van der Waals surface area (Å²) < 4.78 is 11.3. The first-order valence-electron chi connectivity index (χ1n) is 6.67. The van der Waals surface area contributed by atoms with E-state index in [9.17, 15) is 9.76 Å². The maximum atomic E-state index is 13.5. The van der Waals surface area contributed by atoms with Crippen molar-refractivity contribution in [1.82, 2.24) is 4.76 Å². The molecular formula is C15H15ClN2O2S. The maximum Gasteiger partial charge on any atom is 0.235 e. The number of hydrogen-bond acceptors (Lipinski definition) is 3. The van der Waals surface area contributed by atoms with Crippen molar-refractivity contribution in [3.8, 4) is 0 Å². The summed E-state index contributed by atoms with van der Waals surface area (Å²) in [4.78, 5) is 0.538. The molecule has 0 spiro atoms. The molecule has 0 fully saturated rings. The van der Waals surface area contributed by atoms with Crippen molar-refractivity contribution >= 4 is 39.8 Å². The van der Waals surface area contributed by atoms with Crippen LogP contribution in [-0.4, -0.2) is 16.6 Å². The molecule has 0 amide bonds. The predicted octanol–water partition coefficient (Wildman–Crippen LogP) is 4.25. The van der Waals surface area contributed by atoms with Crippen molar-refractivity contribution in [2.45, 2.75) is 12.4 Å². The molecule has 21 heavy (non-hydrogen) atoms. The number of hydroxylamine groups is 1. The lowest BCUT2D eigenvalue weighted by Gasteiger charge is -2.48. The SMILES string of the molecule is CC[N+]1([O-])c2cc[s+]([O-])c2C=CC(Cl)N1c1ccccc1. The van der Waals surface area contributed by atoms with Gasteiger partial charge in [0.05, 0.1) is 11.8 Å². The third-order valence-electron chi connectivity index (χ3n) is 3.63. The van der Waals surface area contributed by atoms with E-state index in [1.165, 1.54) is 0 Å². The van der Waals surface area contributed by atoms with Crippen LogP contribution >= 0.6 is 22.4 Å². The molecule has 0 bridgehead atoms. The molecule has 0 saturated carbocycles. The molecule has 0 N–H and O–H groups in total. The van der Waals surface area contributed by atoms with Crippen LogP contribution in [0.2, 0.25) is 0 Å². The van der Waals surface area contributed by atoms with E-state index in [2.05, 4.69) is 0 Å². The van der Waals surface area contributed by atoms with Crippen molar-refractivity contribution in [1.29, 1.82) is 0 Å². The fraction of sp³-hybridized carbons (Fsp3) is 0.200. The minimum Gasteiger partial charge on any atom is -0.601 e. The average molecular weight is 323 g/mol. The molecular weight excluding hydrogens is 308 g/mol. The molecule has 3 rings (SSSR count). The van der Waals surface area contributed by atoms with Gasteiger partial charge < -0.3 is 9.76 Å². The molecule has 2 aromatic rings. The summed E-state index contributed by atoms with van der Waals surface area (Å²) in [7, 11) is -1.27. The van der Waals surface area contributed by atoms with Crippen LogP contribution in [0, 0.1) is 5.21 Å². The molecule has 1 aliphatic rings. The van der Waals surface area contributed by atoms with Crippen molar-refractivity contribution in [2.24, 2.45) is 0 Å². The van der Waals surface area contributed by atoms with Crippen LogP contribution in [0.4, 0.5) is 11.4 Å². The Hall–Kier alpha value is -1.37. The van der Waals surface area contributed by atoms with E-state index in [-0.39, 0.29) is 6.54 Å². The summed E-state index contributed by atoms with van der Waals surface area (Å²) in [6.45, 7) is 2.07. The fourth-order valence-electron chi connectivity index (χ4n) is 2.60. The molecule has 1 aromatic carbocycles. The Morgan fingerprint density at radius 2 is 2.00 bits per heavy atom. The second-order valence-electron chi connectivity index (χ2n) is 4.78. The van der Waals surface area contributed by atoms with Gasteiger partial charge in [0.2, 0.25) is 10.6 Å². The Balaban J connectivity index is 2.21. The van der Waals surface area contributed by atoms with Gasteiger partial charge in [0.1, 0.15) is 11.9 Å². The number of halogens is 1. The molecule has 3 atom stereocenters. The summed E-state index contributed by atoms with van der Waals surface area (Å²) in [6, 6.07) is 11.0. The van der Waals surface area contributed by atoms with E-state index in [0.717, 1.165) is 5.69 Å². The summed E-state index contributed by atoms with van der Waals surface area (Å²) >= 11 is 6.42. The van der Waals surface area contributed by atoms with Crippen molar-refractivity contribution in [3.63, 3.8) is 0 Å². The molecule has 0 aliphatic carbocycles. The lowest BCUT2D eigenvalue weighted by atomic mass is 10.3. The Labute approximate surface area is 131 Å². The quantitative estimate of drug-likeness (QED) is 0.273. The van der Waals surface area contributed by atoms with Crippen LogP contribution in [0.5, 0.6) is 0 Å². The van der Waals surface area contributed by atoms with Crippen LogP contribution in [0.3, 0.4) is 0 Å². The number of rotatable bonds is 2. The van der Waals surface area contributed by atoms with Crippen LogP contribution in [-0.2, 0) is 0 Å². The fourth-order valence-corrected chi connectivity index (χ4v) is 3.96. The predicted molar refractivity (Wildman–Crippen MR) is 88.4 cm³/mol. The van der Waals surface area contributed by atoms with E-state index in [4.69, 9.17) is 11.6 Å². The molecule has 6 heteroatoms. The lowest BCUT2D eigenvalue weighted by molar-refractivity contribution is 0.359. The second-order valence-corrected chi connectivity index (χ2v) is 6.53. The number of fused-ring (bicyclic) bond motifs is 1. The zero-order valence-electron chi connectivity index (χ0n) is 11.5. The van der Waals surface area contributed by atoms with Gasteiger partial charge in [-0.2, -0.15) is 5.01 Å². The van der Waals surface area contributed by atoms with Crippen molar-refractivity contribution in [3.05, 3.63) is 57.9 Å². The van der Waals surface area contributed by atoms with Crippen LogP contribution in [0.15, 0.2) is 47.9 Å². The molecule has 1 aliphatic heterocycles. The zero-order valence-corrected chi connectivity index (χ0v) is 13.1. The summed E-state index contributed by atoms with van der Waals surface area (Å²) in [5.41, 5.74) is 0.610. The van der Waals surface area contributed by atoms with Crippen LogP contribution in [0.25, 0.3) is 6.08 Å². The highest BCUT2D eigenvalue weighted by molar-refractivity contribution is 7.24. The Morgan fingerprint density at radius 1 is 1.29 bits per heavy atom. The monoisotopic (exact) mass is 322 g/mol. The number of nitrogens with zero attached hydrogens (tertiary/aromatic N) is 2. The molecule has 3 unspecified atom stereocenters. The van der Waals surface area contributed by atoms with Gasteiger partial charge in [0.25, 0.3) is 0 Å². The zero-order chi connectivity index (χ0) is 15.0. The summed E-state index contributed by atoms with van der Waals surface area (Å²) in [5, 5.41) is 16.6. The minimum absolute atomic E-state index is 0.264. The number of quaternary nitrogens is 1. The van der Waals surface area contributed by atoms with E-state index >= 15 is 0 Å². The molecule has 2 heterocycles. The summed E-state index contributed by atoms with van der Waals surface area (Å²) in [6.07, 6.45) is 3.41. The Kier molecular flexibility index (Phi) is 3.77. The molecule has 1 aromatic heterocycles. The molecule has 110 valence electrons. The largest absolute Gasteiger partial charge is 0.601 e. The molecule has 0 radical (unpaired) electrons. The lowest BCUT2D eigenvalue weighted by Crippen LogP contribution is -2.60. The number of benzene rings is 1. The van der Waals surface area contributed by atoms with E-state index < -0.39 is 21.0 Å². The van der Waals surface area contributed by atoms with E-state index in [0.29, 0.717) is 10.6 Å². The number of alkyl halides is 1. The van der Waals surface area contributed by atoms with Gasteiger partial charge in [-0.05, 0) is 35.9 Å². The third-order valence-corrected chi connectivity index (χ3v) is 5.12. The van der Waals surface area contributed by atoms with Gasteiger partial charge in [-0.25, -0.2) is 4.76 Å². The third kappa shape index (κ3) is 2.27. The Bertz CT molecular complexity index is 674. The van der Waals surface area contributed by atoms with Crippen molar-refractivity contribution in [2.75, 3.05) is 11.6 Å². The van der Waals surface area contributed by atoms with Gasteiger partial charge in [-0.15, -0.1) is 0 Å². The topological polar surface area (TPSA) is 49.4 Å². The highest BCUT2D eigenvalue weighted by atomic mass is 35.5. The first-order valence-corrected chi connectivity index (χ1v) is 8.32. The van der Waals surface area contributed by atoms with Gasteiger partial charge in [-0.1, -0.05) is 29.8 Å². The van der Waals surface area contributed by atoms with Gasteiger partial charge in [0.15, 0.2) is 5.50 Å². The van der Waals surface area contributed by atoms with E-state index in [1.54, 1.807) is 35.5 Å². The number of para-hydroxylation sites is 1. The van der Waals surface area contributed by atoms with Gasteiger partial charge >= 0.3 is 0 Å². The normalized spacial score (nSPS) is 25.6. The highest BCUT2D eigenvalue weighted by Gasteiger charge is 2.39. The maximum absolute atomic E-state index is 13.5. The number of hydrogen-bond donors (Lipinski definition) is 0. The van der Waals surface area contributed by atoms with Gasteiger partial charge in [0, 0.05) is 6.08 Å². The Morgan fingerprint density at radius 3 is 2.67 bits per heavy atom. The standard InChI is InChI=1S/C15H15ClN2O2S/c1-2-18(19)13-10-11-21(20)14(13)8-9-15(16)17(18)12-6-4-3-5-7-12/h3-11,15H,2H2,1H3. The summed E-state index contributed by atoms with van der Waals surface area (Å²) in [5.74, 6) is 0. The van der Waals surface area contributed by atoms with Crippen LogP contribution < -0.4 is 9.76 Å². The number of anilines is 1. The highest BCUT2D eigenvalue weighted by Crippen LogP contribution is 2.43. The first-order chi connectivity index (χ1) is 10.1. The van der Waals surface area contributed by atoms with Crippen molar-refractivity contribution < 1.29 is 4.55 Å². The second kappa shape index (κ2) is 5.44.